The first-order valence-electron chi connectivity index (χ1n) is 11.0. The number of benzene rings is 1. The van der Waals surface area contributed by atoms with Gasteiger partial charge >= 0.3 is 12.2 Å². The molecule has 3 aromatic rings. The van der Waals surface area contributed by atoms with Gasteiger partial charge in [-0.1, -0.05) is 6.92 Å². The van der Waals surface area contributed by atoms with Crippen LogP contribution in [-0.4, -0.2) is 46.3 Å². The van der Waals surface area contributed by atoms with Gasteiger partial charge in [0.1, 0.15) is 28.9 Å². The van der Waals surface area contributed by atoms with E-state index in [2.05, 4.69) is 10.3 Å². The molecule has 1 aliphatic heterocycles. The number of nitrogens with zero attached hydrogens (tertiary/aromatic N) is 3. The zero-order valence-corrected chi connectivity index (χ0v) is 19.3. The van der Waals surface area contributed by atoms with Gasteiger partial charge in [0.05, 0.1) is 5.39 Å². The molecule has 2 N–H and O–H groups in total. The summed E-state index contributed by atoms with van der Waals surface area (Å²) >= 11 is 0. The Hall–Kier alpha value is -4.10. The largest absolute Gasteiger partial charge is 0.408 e. The van der Waals surface area contributed by atoms with Crippen molar-refractivity contribution in [3.63, 3.8) is 0 Å². The molecular weight excluding hydrogens is 508 g/mol. The van der Waals surface area contributed by atoms with E-state index in [1.165, 1.54) is 17.9 Å². The summed E-state index contributed by atoms with van der Waals surface area (Å²) in [6.07, 6.45) is -4.73. The van der Waals surface area contributed by atoms with Crippen LogP contribution in [0.4, 0.5) is 37.0 Å². The fourth-order valence-electron chi connectivity index (χ4n) is 3.98. The Kier molecular flexibility index (Phi) is 6.60. The van der Waals surface area contributed by atoms with Crippen LogP contribution in [0.2, 0.25) is 0 Å². The molecule has 0 bridgehead atoms. The van der Waals surface area contributed by atoms with Gasteiger partial charge in [0.2, 0.25) is 5.43 Å². The van der Waals surface area contributed by atoms with Gasteiger partial charge in [-0.15, -0.1) is 0 Å². The average Bonchev–Trinajstić information content (AvgIpc) is 3.14. The van der Waals surface area contributed by atoms with Crippen molar-refractivity contribution < 1.29 is 35.9 Å². The minimum absolute atomic E-state index is 0.00857. The third-order valence-corrected chi connectivity index (χ3v) is 5.76. The minimum Gasteiger partial charge on any atom is -0.340 e. The van der Waals surface area contributed by atoms with Crippen LogP contribution in [0.1, 0.15) is 30.6 Å². The summed E-state index contributed by atoms with van der Waals surface area (Å²) < 4.78 is 83.4. The molecule has 0 radical (unpaired) electrons. The normalized spacial score (nSPS) is 16.7. The minimum atomic E-state index is -4.82. The lowest BCUT2D eigenvalue weighted by atomic mass is 10.1. The van der Waals surface area contributed by atoms with E-state index in [1.807, 2.05) is 0 Å². The molecule has 37 heavy (non-hydrogen) atoms. The van der Waals surface area contributed by atoms with Crippen LogP contribution < -0.4 is 21.0 Å². The second kappa shape index (κ2) is 9.41. The van der Waals surface area contributed by atoms with Gasteiger partial charge in [0, 0.05) is 30.9 Å². The molecule has 2 atom stereocenters. The van der Waals surface area contributed by atoms with Crippen molar-refractivity contribution in [2.24, 2.45) is 0 Å². The van der Waals surface area contributed by atoms with E-state index in [0.29, 0.717) is 22.9 Å². The first kappa shape index (κ1) is 26.0. The highest BCUT2D eigenvalue weighted by Crippen LogP contribution is 2.27. The van der Waals surface area contributed by atoms with Crippen molar-refractivity contribution in [2.45, 2.75) is 38.5 Å². The molecule has 8 nitrogen and oxygen atoms in total. The number of hydrogen-bond donors (Lipinski definition) is 2. The molecule has 3 amide bonds. The Balaban J connectivity index is 1.96. The van der Waals surface area contributed by atoms with Gasteiger partial charge in [-0.2, -0.15) is 13.2 Å². The number of carbonyl (C=O) groups is 2. The number of carbonyl (C=O) groups excluding carboxylic acids is 2. The van der Waals surface area contributed by atoms with E-state index in [4.69, 9.17) is 0 Å². The van der Waals surface area contributed by atoms with E-state index >= 15 is 0 Å². The number of urea groups is 1. The highest BCUT2D eigenvalue weighted by molar-refractivity contribution is 5.98. The quantitative estimate of drug-likeness (QED) is 0.494. The number of amides is 3. The molecule has 196 valence electrons. The summed E-state index contributed by atoms with van der Waals surface area (Å²) in [7, 11) is 0. The van der Waals surface area contributed by atoms with E-state index < -0.39 is 70.4 Å². The van der Waals surface area contributed by atoms with Crippen molar-refractivity contribution >= 4 is 28.8 Å². The zero-order valence-electron chi connectivity index (χ0n) is 19.3. The molecule has 0 aliphatic carbocycles. The van der Waals surface area contributed by atoms with Gasteiger partial charge in [-0.05, 0) is 25.5 Å². The third-order valence-electron chi connectivity index (χ3n) is 5.76. The van der Waals surface area contributed by atoms with Crippen LogP contribution in [0.25, 0.3) is 16.7 Å². The van der Waals surface area contributed by atoms with Crippen LogP contribution >= 0.6 is 0 Å². The number of nitrogens with one attached hydrogen (secondary N) is 2. The molecule has 14 heteroatoms. The summed E-state index contributed by atoms with van der Waals surface area (Å²) in [5, 5.41) is 3.95. The van der Waals surface area contributed by atoms with Crippen molar-refractivity contribution in [2.75, 3.05) is 11.4 Å². The molecule has 1 aliphatic rings. The van der Waals surface area contributed by atoms with Gasteiger partial charge < -0.3 is 10.6 Å². The number of pyridine rings is 2. The van der Waals surface area contributed by atoms with E-state index in [9.17, 15) is 40.7 Å². The van der Waals surface area contributed by atoms with Gasteiger partial charge in [0.25, 0.3) is 5.91 Å². The molecule has 3 heterocycles. The molecule has 0 spiro atoms. The standard InChI is InChI=1S/C23H19F6N5O3/c1-3-16(23(27,28)29)31-21(36)13-9-34(18-14(25)6-11(24)7-15(18)26)20-12(19(13)35)4-5-17(32-20)33-8-10(2)30-22(33)37/h4-7,9-10,16H,3,8H2,1-2H3,(H,30,37)(H,31,36). The lowest BCUT2D eigenvalue weighted by Gasteiger charge is -2.21. The van der Waals surface area contributed by atoms with Crippen LogP contribution in [0.3, 0.4) is 0 Å². The topological polar surface area (TPSA) is 96.3 Å². The fraction of sp³-hybridized carbons (Fsp3) is 0.304. The van der Waals surface area contributed by atoms with Crippen LogP contribution in [0.15, 0.2) is 35.3 Å². The summed E-state index contributed by atoms with van der Waals surface area (Å²) in [6.45, 7) is 3.06. The van der Waals surface area contributed by atoms with E-state index in [1.54, 1.807) is 12.2 Å². The Morgan fingerprint density at radius 2 is 1.84 bits per heavy atom. The highest BCUT2D eigenvalue weighted by Gasteiger charge is 2.40. The smallest absolute Gasteiger partial charge is 0.340 e. The Morgan fingerprint density at radius 3 is 2.38 bits per heavy atom. The highest BCUT2D eigenvalue weighted by atomic mass is 19.4. The van der Waals surface area contributed by atoms with Crippen LogP contribution in [0, 0.1) is 17.5 Å². The maximum Gasteiger partial charge on any atom is 0.408 e. The molecule has 4 rings (SSSR count). The number of rotatable bonds is 5. The number of anilines is 1. The summed E-state index contributed by atoms with van der Waals surface area (Å²) in [6, 6.07) is -0.0128. The monoisotopic (exact) mass is 527 g/mol. The SMILES string of the molecule is CCC(NC(=O)c1cn(-c2c(F)cc(F)cc2F)c2nc(N3CC(C)NC3=O)ccc2c1=O)C(F)(F)F. The van der Waals surface area contributed by atoms with Crippen LogP contribution in [-0.2, 0) is 0 Å². The number of aromatic nitrogens is 2. The number of fused-ring (bicyclic) bond motifs is 1. The second-order valence-electron chi connectivity index (χ2n) is 8.44. The third kappa shape index (κ3) is 4.82. The zero-order chi connectivity index (χ0) is 27.2. The Morgan fingerprint density at radius 1 is 1.19 bits per heavy atom. The molecule has 2 unspecified atom stereocenters. The van der Waals surface area contributed by atoms with Gasteiger partial charge in [-0.3, -0.25) is 19.1 Å². The van der Waals surface area contributed by atoms with Crippen molar-refractivity contribution in [3.05, 3.63) is 63.7 Å². The number of halogens is 6. The fourth-order valence-corrected chi connectivity index (χ4v) is 3.98. The number of alkyl halides is 3. The molecule has 1 saturated heterocycles. The Bertz CT molecular complexity index is 1450. The summed E-state index contributed by atoms with van der Waals surface area (Å²) in [5.74, 6) is -5.57. The first-order valence-corrected chi connectivity index (χ1v) is 11.0. The lowest BCUT2D eigenvalue weighted by Crippen LogP contribution is -2.46. The molecule has 0 saturated carbocycles. The molecule has 1 fully saturated rings. The van der Waals surface area contributed by atoms with E-state index in [0.717, 1.165) is 6.07 Å². The predicted octanol–water partition coefficient (Wildman–Crippen LogP) is 3.79. The second-order valence-corrected chi connectivity index (χ2v) is 8.44. The number of hydrogen-bond acceptors (Lipinski definition) is 4. The molecule has 1 aromatic carbocycles. The molecular formula is C23H19F6N5O3. The predicted molar refractivity (Wildman–Crippen MR) is 120 cm³/mol. The van der Waals surface area contributed by atoms with E-state index in [-0.39, 0.29) is 23.8 Å². The molecule has 2 aromatic heterocycles. The van der Waals surface area contributed by atoms with Gasteiger partial charge in [0.15, 0.2) is 17.3 Å². The van der Waals surface area contributed by atoms with Crippen molar-refractivity contribution in [1.82, 2.24) is 20.2 Å². The average molecular weight is 527 g/mol. The van der Waals surface area contributed by atoms with Crippen LogP contribution in [0.5, 0.6) is 0 Å². The maximum atomic E-state index is 14.8. The first-order chi connectivity index (χ1) is 17.3. The lowest BCUT2D eigenvalue weighted by molar-refractivity contribution is -0.153. The maximum absolute atomic E-state index is 14.8. The summed E-state index contributed by atoms with van der Waals surface area (Å²) in [5.41, 5.74) is -3.28. The van der Waals surface area contributed by atoms with Crippen molar-refractivity contribution in [3.8, 4) is 5.69 Å². The summed E-state index contributed by atoms with van der Waals surface area (Å²) in [4.78, 5) is 43.5. The Labute approximate surface area is 204 Å². The van der Waals surface area contributed by atoms with Gasteiger partial charge in [-0.25, -0.2) is 22.9 Å². The van der Waals surface area contributed by atoms with Crippen molar-refractivity contribution in [1.29, 1.82) is 0 Å².